The predicted octanol–water partition coefficient (Wildman–Crippen LogP) is 2.32. The van der Waals surface area contributed by atoms with Crippen LogP contribution in [-0.4, -0.2) is 9.91 Å². The van der Waals surface area contributed by atoms with Gasteiger partial charge >= 0.3 is 0 Å². The first-order valence-electron chi connectivity index (χ1n) is 4.64. The summed E-state index contributed by atoms with van der Waals surface area (Å²) in [6, 6.07) is 9.42. The van der Waals surface area contributed by atoms with Gasteiger partial charge in [0.05, 0.1) is 5.52 Å². The first-order valence-corrected chi connectivity index (χ1v) is 4.64. The third kappa shape index (κ3) is 1.93. The zero-order chi connectivity index (χ0) is 10.8. The van der Waals surface area contributed by atoms with E-state index in [1.807, 2.05) is 31.2 Å². The number of para-hydroxylation sites is 1. The summed E-state index contributed by atoms with van der Waals surface area (Å²) >= 11 is 0. The van der Waals surface area contributed by atoms with Crippen LogP contribution in [0.4, 0.5) is 0 Å². The molecule has 2 aromatic rings. The molecule has 0 saturated heterocycles. The van der Waals surface area contributed by atoms with Crippen LogP contribution < -0.4 is 0 Å². The van der Waals surface area contributed by atoms with Gasteiger partial charge in [0.15, 0.2) is 0 Å². The van der Waals surface area contributed by atoms with Gasteiger partial charge < -0.3 is 0 Å². The first-order chi connectivity index (χ1) is 7.16. The number of aryl methyl sites for hydroxylation is 1. The fourth-order valence-corrected chi connectivity index (χ4v) is 1.63. The maximum absolute atomic E-state index is 10.4. The average molecular weight is 202 g/mol. The molecular formula is C11H10N2O2. The highest BCUT2D eigenvalue weighted by Gasteiger charge is 2.06. The van der Waals surface area contributed by atoms with Crippen LogP contribution in [0.15, 0.2) is 30.3 Å². The Morgan fingerprint density at radius 3 is 2.87 bits per heavy atom. The quantitative estimate of drug-likeness (QED) is 0.554. The smallest absolute Gasteiger partial charge is 0.245 e. The van der Waals surface area contributed by atoms with E-state index in [2.05, 4.69) is 4.98 Å². The standard InChI is InChI=1S/C11H10N2O2/c1-8-6-9(7-13(14)15)12-11-5-3-2-4-10(8)11/h2-6H,7H2,1H3. The molecule has 76 valence electrons. The van der Waals surface area contributed by atoms with Gasteiger partial charge in [0, 0.05) is 10.3 Å². The number of aromatic nitrogens is 1. The Morgan fingerprint density at radius 2 is 2.13 bits per heavy atom. The topological polar surface area (TPSA) is 56.0 Å². The summed E-state index contributed by atoms with van der Waals surface area (Å²) in [6.07, 6.45) is 0. The summed E-state index contributed by atoms with van der Waals surface area (Å²) in [7, 11) is 0. The number of pyridine rings is 1. The number of benzene rings is 1. The Morgan fingerprint density at radius 1 is 1.40 bits per heavy atom. The van der Waals surface area contributed by atoms with Gasteiger partial charge in [-0.25, -0.2) is 4.98 Å². The van der Waals surface area contributed by atoms with Crippen molar-refractivity contribution in [2.24, 2.45) is 0 Å². The first kappa shape index (κ1) is 9.58. The number of fused-ring (bicyclic) bond motifs is 1. The van der Waals surface area contributed by atoms with E-state index in [1.54, 1.807) is 6.07 Å². The third-order valence-corrected chi connectivity index (χ3v) is 2.27. The number of nitrogens with zero attached hydrogens (tertiary/aromatic N) is 2. The lowest BCUT2D eigenvalue weighted by molar-refractivity contribution is -0.497. The maximum Gasteiger partial charge on any atom is 0.245 e. The summed E-state index contributed by atoms with van der Waals surface area (Å²) in [6.45, 7) is 1.72. The highest BCUT2D eigenvalue weighted by Crippen LogP contribution is 2.17. The lowest BCUT2D eigenvalue weighted by Crippen LogP contribution is -2.01. The van der Waals surface area contributed by atoms with Crippen LogP contribution in [0, 0.1) is 17.0 Å². The zero-order valence-corrected chi connectivity index (χ0v) is 8.30. The van der Waals surface area contributed by atoms with E-state index in [4.69, 9.17) is 0 Å². The predicted molar refractivity (Wildman–Crippen MR) is 57.2 cm³/mol. The zero-order valence-electron chi connectivity index (χ0n) is 8.30. The molecule has 0 fully saturated rings. The van der Waals surface area contributed by atoms with Crippen LogP contribution in [0.2, 0.25) is 0 Å². The molecule has 4 heteroatoms. The van der Waals surface area contributed by atoms with Crippen LogP contribution in [-0.2, 0) is 6.54 Å². The molecule has 0 unspecified atom stereocenters. The van der Waals surface area contributed by atoms with E-state index in [9.17, 15) is 10.1 Å². The van der Waals surface area contributed by atoms with Crippen molar-refractivity contribution in [2.75, 3.05) is 0 Å². The SMILES string of the molecule is Cc1cc(C[N+](=O)[O-])nc2ccccc12. The maximum atomic E-state index is 10.4. The highest BCUT2D eigenvalue weighted by atomic mass is 16.6. The van der Waals surface area contributed by atoms with Gasteiger partial charge in [0.1, 0.15) is 5.69 Å². The summed E-state index contributed by atoms with van der Waals surface area (Å²) in [4.78, 5) is 14.3. The lowest BCUT2D eigenvalue weighted by Gasteiger charge is -2.03. The van der Waals surface area contributed by atoms with Crippen molar-refractivity contribution in [1.82, 2.24) is 4.98 Å². The van der Waals surface area contributed by atoms with Crippen LogP contribution in [0.5, 0.6) is 0 Å². The van der Waals surface area contributed by atoms with Gasteiger partial charge in [-0.1, -0.05) is 18.2 Å². The Labute approximate surface area is 86.7 Å². The molecule has 0 spiro atoms. The molecule has 0 bridgehead atoms. The van der Waals surface area contributed by atoms with Gasteiger partial charge in [0.2, 0.25) is 6.54 Å². The average Bonchev–Trinajstić information content (AvgIpc) is 2.16. The van der Waals surface area contributed by atoms with Crippen molar-refractivity contribution in [2.45, 2.75) is 13.5 Å². The molecule has 0 amide bonds. The molecule has 0 N–H and O–H groups in total. The van der Waals surface area contributed by atoms with Crippen LogP contribution in [0.1, 0.15) is 11.3 Å². The second kappa shape index (κ2) is 3.65. The van der Waals surface area contributed by atoms with Crippen molar-refractivity contribution < 1.29 is 4.92 Å². The summed E-state index contributed by atoms with van der Waals surface area (Å²) in [5.74, 6) is 0. The second-order valence-corrected chi connectivity index (χ2v) is 3.44. The Balaban J connectivity index is 2.57. The third-order valence-electron chi connectivity index (χ3n) is 2.27. The van der Waals surface area contributed by atoms with Crippen molar-refractivity contribution in [3.8, 4) is 0 Å². The van der Waals surface area contributed by atoms with Gasteiger partial charge in [-0.3, -0.25) is 10.1 Å². The Hall–Kier alpha value is -1.97. The monoisotopic (exact) mass is 202 g/mol. The molecule has 2 rings (SSSR count). The summed E-state index contributed by atoms with van der Waals surface area (Å²) < 4.78 is 0. The molecule has 0 atom stereocenters. The number of hydrogen-bond acceptors (Lipinski definition) is 3. The molecule has 0 aliphatic heterocycles. The minimum atomic E-state index is -0.365. The molecule has 1 heterocycles. The molecule has 0 radical (unpaired) electrons. The van der Waals surface area contributed by atoms with Crippen LogP contribution in [0.25, 0.3) is 10.9 Å². The largest absolute Gasteiger partial charge is 0.264 e. The Bertz CT molecular complexity index is 523. The van der Waals surface area contributed by atoms with E-state index >= 15 is 0 Å². The van der Waals surface area contributed by atoms with Gasteiger partial charge in [0.25, 0.3) is 0 Å². The minimum Gasteiger partial charge on any atom is -0.264 e. The van der Waals surface area contributed by atoms with Crippen LogP contribution >= 0.6 is 0 Å². The van der Waals surface area contributed by atoms with Gasteiger partial charge in [-0.05, 0) is 24.6 Å². The normalized spacial score (nSPS) is 10.5. The van der Waals surface area contributed by atoms with Crippen molar-refractivity contribution in [3.63, 3.8) is 0 Å². The minimum absolute atomic E-state index is 0.217. The van der Waals surface area contributed by atoms with Gasteiger partial charge in [-0.2, -0.15) is 0 Å². The molecule has 1 aromatic carbocycles. The summed E-state index contributed by atoms with van der Waals surface area (Å²) in [5.41, 5.74) is 2.35. The number of nitro groups is 1. The second-order valence-electron chi connectivity index (χ2n) is 3.44. The van der Waals surface area contributed by atoms with E-state index in [0.717, 1.165) is 16.5 Å². The number of hydrogen-bond donors (Lipinski definition) is 0. The highest BCUT2D eigenvalue weighted by molar-refractivity contribution is 5.81. The van der Waals surface area contributed by atoms with Crippen molar-refractivity contribution >= 4 is 10.9 Å². The molecule has 15 heavy (non-hydrogen) atoms. The fraction of sp³-hybridized carbons (Fsp3) is 0.182. The fourth-order valence-electron chi connectivity index (χ4n) is 1.63. The molecule has 1 aromatic heterocycles. The number of rotatable bonds is 2. The molecule has 0 aliphatic rings. The van der Waals surface area contributed by atoms with Crippen LogP contribution in [0.3, 0.4) is 0 Å². The molecule has 0 saturated carbocycles. The van der Waals surface area contributed by atoms with E-state index in [0.29, 0.717) is 5.69 Å². The van der Waals surface area contributed by atoms with E-state index in [1.165, 1.54) is 0 Å². The molecule has 0 aliphatic carbocycles. The Kier molecular flexibility index (Phi) is 2.33. The molecular weight excluding hydrogens is 192 g/mol. The van der Waals surface area contributed by atoms with Crippen molar-refractivity contribution in [3.05, 3.63) is 51.7 Å². The van der Waals surface area contributed by atoms with Gasteiger partial charge in [-0.15, -0.1) is 0 Å². The van der Waals surface area contributed by atoms with E-state index < -0.39 is 0 Å². The van der Waals surface area contributed by atoms with E-state index in [-0.39, 0.29) is 11.5 Å². The molecule has 4 nitrogen and oxygen atoms in total. The summed E-state index contributed by atoms with van der Waals surface area (Å²) in [5, 5.41) is 11.4. The lowest BCUT2D eigenvalue weighted by atomic mass is 10.1. The van der Waals surface area contributed by atoms with Crippen molar-refractivity contribution in [1.29, 1.82) is 0 Å².